The van der Waals surface area contributed by atoms with E-state index in [1.165, 1.54) is 17.7 Å². The van der Waals surface area contributed by atoms with Gasteiger partial charge in [0.25, 0.3) is 5.91 Å². The first-order valence-electron chi connectivity index (χ1n) is 9.25. The first-order chi connectivity index (χ1) is 13.1. The molecule has 0 saturated heterocycles. The number of hydrogen-bond donors (Lipinski definition) is 2. The van der Waals surface area contributed by atoms with Crippen LogP contribution in [-0.4, -0.2) is 34.0 Å². The smallest absolute Gasteiger partial charge is 0.251 e. The Bertz CT molecular complexity index is 901. The molecule has 0 aromatic heterocycles. The van der Waals surface area contributed by atoms with Crippen molar-refractivity contribution in [3.05, 3.63) is 59.7 Å². The van der Waals surface area contributed by atoms with Crippen LogP contribution in [0.25, 0.3) is 0 Å². The molecule has 0 aliphatic carbocycles. The van der Waals surface area contributed by atoms with Crippen molar-refractivity contribution in [1.29, 1.82) is 0 Å². The van der Waals surface area contributed by atoms with E-state index in [2.05, 4.69) is 30.8 Å². The molecule has 0 heterocycles. The molecule has 1 amide bonds. The molecular weight excluding hydrogens is 376 g/mol. The minimum atomic E-state index is -3.60. The predicted molar refractivity (Wildman–Crippen MR) is 110 cm³/mol. The zero-order valence-electron chi connectivity index (χ0n) is 16.8. The third kappa shape index (κ3) is 6.07. The van der Waals surface area contributed by atoms with Crippen LogP contribution in [-0.2, 0) is 15.4 Å². The fourth-order valence-corrected chi connectivity index (χ4v) is 3.65. The Kier molecular flexibility index (Phi) is 7.21. The normalized spacial score (nSPS) is 11.9. The molecule has 2 aromatic rings. The van der Waals surface area contributed by atoms with Crippen molar-refractivity contribution in [2.75, 3.05) is 19.7 Å². The highest BCUT2D eigenvalue weighted by Gasteiger charge is 2.15. The third-order valence-electron chi connectivity index (χ3n) is 4.12. The van der Waals surface area contributed by atoms with Gasteiger partial charge in [-0.05, 0) is 41.3 Å². The average Bonchev–Trinajstić information content (AvgIpc) is 2.65. The zero-order chi connectivity index (χ0) is 20.8. The molecule has 6 nitrogen and oxygen atoms in total. The van der Waals surface area contributed by atoms with Crippen LogP contribution in [0.2, 0.25) is 0 Å². The van der Waals surface area contributed by atoms with Crippen molar-refractivity contribution in [3.63, 3.8) is 0 Å². The molecule has 0 saturated carbocycles. The molecule has 0 radical (unpaired) electrons. The molecule has 0 spiro atoms. The highest BCUT2D eigenvalue weighted by Crippen LogP contribution is 2.24. The lowest BCUT2D eigenvalue weighted by molar-refractivity contribution is 0.0946. The van der Waals surface area contributed by atoms with Crippen molar-refractivity contribution in [2.24, 2.45) is 0 Å². The van der Waals surface area contributed by atoms with E-state index in [-0.39, 0.29) is 28.3 Å². The molecule has 152 valence electrons. The van der Waals surface area contributed by atoms with Gasteiger partial charge in [-0.3, -0.25) is 4.79 Å². The minimum absolute atomic E-state index is 0.0668. The van der Waals surface area contributed by atoms with Gasteiger partial charge in [0.1, 0.15) is 12.4 Å². The molecule has 0 bridgehead atoms. The average molecular weight is 405 g/mol. The maximum atomic E-state index is 12.3. The second-order valence-electron chi connectivity index (χ2n) is 7.41. The third-order valence-corrected chi connectivity index (χ3v) is 5.66. The maximum Gasteiger partial charge on any atom is 0.251 e. The molecular formula is C21H28N2O4S. The van der Waals surface area contributed by atoms with E-state index in [1.54, 1.807) is 19.1 Å². The van der Waals surface area contributed by atoms with E-state index in [0.29, 0.717) is 13.2 Å². The van der Waals surface area contributed by atoms with Crippen molar-refractivity contribution in [2.45, 2.75) is 38.0 Å². The largest absolute Gasteiger partial charge is 0.492 e. The minimum Gasteiger partial charge on any atom is -0.492 e. The Morgan fingerprint density at radius 3 is 2.36 bits per heavy atom. The van der Waals surface area contributed by atoms with Gasteiger partial charge in [0.2, 0.25) is 10.0 Å². The summed E-state index contributed by atoms with van der Waals surface area (Å²) in [5.41, 5.74) is 1.59. The van der Waals surface area contributed by atoms with Gasteiger partial charge in [-0.25, -0.2) is 13.1 Å². The summed E-state index contributed by atoms with van der Waals surface area (Å²) in [4.78, 5) is 12.3. The number of hydrogen-bond acceptors (Lipinski definition) is 4. The summed E-state index contributed by atoms with van der Waals surface area (Å²) in [6.07, 6.45) is 0. The summed E-state index contributed by atoms with van der Waals surface area (Å²) < 4.78 is 32.2. The van der Waals surface area contributed by atoms with Gasteiger partial charge in [0, 0.05) is 12.1 Å². The molecule has 0 aliphatic heterocycles. The molecule has 0 unspecified atom stereocenters. The van der Waals surface area contributed by atoms with Crippen LogP contribution in [0.4, 0.5) is 0 Å². The zero-order valence-corrected chi connectivity index (χ0v) is 17.6. The summed E-state index contributed by atoms with van der Waals surface area (Å²) in [6, 6.07) is 13.8. The van der Waals surface area contributed by atoms with Crippen LogP contribution in [0.5, 0.6) is 5.75 Å². The first kappa shape index (κ1) is 21.9. The van der Waals surface area contributed by atoms with Gasteiger partial charge in [-0.1, -0.05) is 45.9 Å². The fourth-order valence-electron chi connectivity index (χ4n) is 2.56. The second kappa shape index (κ2) is 9.21. The first-order valence-corrected chi connectivity index (χ1v) is 10.7. The molecule has 28 heavy (non-hydrogen) atoms. The number of amides is 1. The Labute approximate surface area is 167 Å². The van der Waals surface area contributed by atoms with E-state index in [9.17, 15) is 13.2 Å². The highest BCUT2D eigenvalue weighted by molar-refractivity contribution is 7.89. The molecule has 7 heteroatoms. The van der Waals surface area contributed by atoms with Crippen LogP contribution < -0.4 is 14.8 Å². The quantitative estimate of drug-likeness (QED) is 0.662. The molecule has 0 fully saturated rings. The Balaban J connectivity index is 1.88. The van der Waals surface area contributed by atoms with Gasteiger partial charge < -0.3 is 10.1 Å². The van der Waals surface area contributed by atoms with E-state index in [4.69, 9.17) is 4.74 Å². The Hall–Kier alpha value is -2.38. The number of benzene rings is 2. The van der Waals surface area contributed by atoms with Crippen LogP contribution in [0.1, 0.15) is 43.6 Å². The second-order valence-corrected chi connectivity index (χ2v) is 9.17. The van der Waals surface area contributed by atoms with E-state index in [0.717, 1.165) is 5.75 Å². The van der Waals surface area contributed by atoms with Crippen LogP contribution in [0.3, 0.4) is 0 Å². The number of carbonyl (C=O) groups is 1. The number of carbonyl (C=O) groups excluding carboxylic acids is 1. The van der Waals surface area contributed by atoms with Crippen molar-refractivity contribution < 1.29 is 17.9 Å². The van der Waals surface area contributed by atoms with Crippen LogP contribution >= 0.6 is 0 Å². The Morgan fingerprint density at radius 2 is 1.75 bits per heavy atom. The number of sulfonamides is 1. The van der Waals surface area contributed by atoms with Crippen molar-refractivity contribution >= 4 is 15.9 Å². The highest BCUT2D eigenvalue weighted by atomic mass is 32.2. The standard InChI is InChI=1S/C21H28N2O4S/c1-5-23-28(25,26)19-8-6-7-16(15-19)20(24)22-13-14-27-18-11-9-17(10-12-18)21(2,3)4/h6-12,15,23H,5,13-14H2,1-4H3,(H,22,24). The molecule has 0 aliphatic rings. The Morgan fingerprint density at radius 1 is 1.07 bits per heavy atom. The van der Waals surface area contributed by atoms with Crippen LogP contribution in [0.15, 0.2) is 53.4 Å². The van der Waals surface area contributed by atoms with E-state index < -0.39 is 10.0 Å². The molecule has 2 N–H and O–H groups in total. The van der Waals surface area contributed by atoms with Gasteiger partial charge >= 0.3 is 0 Å². The number of rotatable bonds is 8. The fraction of sp³-hybridized carbons (Fsp3) is 0.381. The molecule has 2 rings (SSSR count). The molecule has 0 atom stereocenters. The van der Waals surface area contributed by atoms with Crippen LogP contribution in [0, 0.1) is 0 Å². The van der Waals surface area contributed by atoms with Gasteiger partial charge in [0.05, 0.1) is 11.4 Å². The number of ether oxygens (including phenoxy) is 1. The monoisotopic (exact) mass is 404 g/mol. The van der Waals surface area contributed by atoms with Gasteiger partial charge in [-0.15, -0.1) is 0 Å². The van der Waals surface area contributed by atoms with E-state index in [1.807, 2.05) is 24.3 Å². The predicted octanol–water partition coefficient (Wildman–Crippen LogP) is 3.09. The van der Waals surface area contributed by atoms with Crippen molar-refractivity contribution in [3.8, 4) is 5.75 Å². The summed E-state index contributed by atoms with van der Waals surface area (Å²) >= 11 is 0. The summed E-state index contributed by atoms with van der Waals surface area (Å²) in [7, 11) is -3.60. The maximum absolute atomic E-state index is 12.3. The topological polar surface area (TPSA) is 84.5 Å². The van der Waals surface area contributed by atoms with Gasteiger partial charge in [0.15, 0.2) is 0 Å². The summed E-state index contributed by atoms with van der Waals surface area (Å²) in [5, 5.41) is 2.74. The number of nitrogens with one attached hydrogen (secondary N) is 2. The SMILES string of the molecule is CCNS(=O)(=O)c1cccc(C(=O)NCCOc2ccc(C(C)(C)C)cc2)c1. The molecule has 2 aromatic carbocycles. The van der Waals surface area contributed by atoms with Gasteiger partial charge in [-0.2, -0.15) is 0 Å². The lowest BCUT2D eigenvalue weighted by Crippen LogP contribution is -2.28. The van der Waals surface area contributed by atoms with E-state index >= 15 is 0 Å². The lowest BCUT2D eigenvalue weighted by Gasteiger charge is -2.19. The lowest BCUT2D eigenvalue weighted by atomic mass is 9.87. The summed E-state index contributed by atoms with van der Waals surface area (Å²) in [5.74, 6) is 0.390. The van der Waals surface area contributed by atoms with Crippen molar-refractivity contribution in [1.82, 2.24) is 10.0 Å². The summed E-state index contributed by atoms with van der Waals surface area (Å²) in [6.45, 7) is 9.06.